The predicted octanol–water partition coefficient (Wildman–Crippen LogP) is 2.18. The van der Waals surface area contributed by atoms with Gasteiger partial charge in [-0.25, -0.2) is 0 Å². The van der Waals surface area contributed by atoms with Gasteiger partial charge in [0.05, 0.1) is 6.54 Å². The zero-order valence-electron chi connectivity index (χ0n) is 12.5. The summed E-state index contributed by atoms with van der Waals surface area (Å²) in [5.41, 5.74) is 1.27. The fraction of sp³-hybridized carbons (Fsp3) is 0.600. The summed E-state index contributed by atoms with van der Waals surface area (Å²) in [5, 5.41) is 4.88. The summed E-state index contributed by atoms with van der Waals surface area (Å²) in [5.74, 6) is 0.0795. The van der Waals surface area contributed by atoms with Gasteiger partial charge in [0.25, 0.3) is 0 Å². The third-order valence-corrected chi connectivity index (χ3v) is 4.84. The van der Waals surface area contributed by atoms with Crippen molar-refractivity contribution in [3.63, 3.8) is 0 Å². The number of hydrogen-bond acceptors (Lipinski definition) is 3. The maximum absolute atomic E-state index is 12.6. The molecule has 1 saturated heterocycles. The second kappa shape index (κ2) is 5.95. The van der Waals surface area contributed by atoms with E-state index in [4.69, 9.17) is 0 Å². The number of hydrogen-bond donors (Lipinski definition) is 1. The molecule has 1 fully saturated rings. The molecule has 0 aliphatic carbocycles. The van der Waals surface area contributed by atoms with Crippen molar-refractivity contribution in [1.29, 1.82) is 0 Å². The van der Waals surface area contributed by atoms with E-state index in [2.05, 4.69) is 18.3 Å². The van der Waals surface area contributed by atoms with Gasteiger partial charge in [-0.3, -0.25) is 9.59 Å². The fourth-order valence-electron chi connectivity index (χ4n) is 2.49. The summed E-state index contributed by atoms with van der Waals surface area (Å²) < 4.78 is 0. The standard InChI is InChI=1S/C15H22N2O2S/c1-5-11-6-7-20-12(11)8-17-10(4)14(18)16-13(9(2)3)15(17)19/h6-7,9-10,13H,5,8H2,1-4H3,(H,16,18). The molecule has 0 radical (unpaired) electrons. The zero-order valence-corrected chi connectivity index (χ0v) is 13.3. The first kappa shape index (κ1) is 15.0. The summed E-state index contributed by atoms with van der Waals surface area (Å²) in [7, 11) is 0. The number of thiophene rings is 1. The molecule has 2 atom stereocenters. The molecule has 1 aromatic heterocycles. The van der Waals surface area contributed by atoms with Gasteiger partial charge in [0, 0.05) is 4.88 Å². The molecule has 1 aliphatic rings. The third kappa shape index (κ3) is 2.73. The summed E-state index contributed by atoms with van der Waals surface area (Å²) in [6.07, 6.45) is 0.953. The first-order valence-corrected chi connectivity index (χ1v) is 7.99. The van der Waals surface area contributed by atoms with Gasteiger partial charge in [0.2, 0.25) is 11.8 Å². The Balaban J connectivity index is 2.23. The molecule has 2 heterocycles. The molecule has 4 nitrogen and oxygen atoms in total. The largest absolute Gasteiger partial charge is 0.342 e. The first-order chi connectivity index (χ1) is 9.45. The van der Waals surface area contributed by atoms with Crippen LogP contribution in [0.3, 0.4) is 0 Å². The highest BCUT2D eigenvalue weighted by atomic mass is 32.1. The lowest BCUT2D eigenvalue weighted by molar-refractivity contribution is -0.150. The molecule has 1 aliphatic heterocycles. The Morgan fingerprint density at radius 1 is 1.40 bits per heavy atom. The molecular weight excluding hydrogens is 272 g/mol. The van der Waals surface area contributed by atoms with E-state index in [1.165, 1.54) is 10.4 Å². The van der Waals surface area contributed by atoms with Crippen LogP contribution in [0.1, 0.15) is 38.1 Å². The van der Waals surface area contributed by atoms with Crippen molar-refractivity contribution in [1.82, 2.24) is 10.2 Å². The first-order valence-electron chi connectivity index (χ1n) is 7.11. The van der Waals surface area contributed by atoms with Crippen LogP contribution in [0.2, 0.25) is 0 Å². The lowest BCUT2D eigenvalue weighted by atomic mass is 9.98. The molecular formula is C15H22N2O2S. The van der Waals surface area contributed by atoms with E-state index in [0.717, 1.165) is 6.42 Å². The van der Waals surface area contributed by atoms with Crippen LogP contribution in [0.25, 0.3) is 0 Å². The van der Waals surface area contributed by atoms with Crippen molar-refractivity contribution in [2.45, 2.75) is 52.7 Å². The van der Waals surface area contributed by atoms with Crippen LogP contribution in [0.4, 0.5) is 0 Å². The number of aryl methyl sites for hydroxylation is 1. The van der Waals surface area contributed by atoms with Crippen LogP contribution in [-0.4, -0.2) is 28.8 Å². The Hall–Kier alpha value is -1.36. The van der Waals surface area contributed by atoms with Crippen LogP contribution in [-0.2, 0) is 22.6 Å². The zero-order chi connectivity index (χ0) is 14.9. The monoisotopic (exact) mass is 294 g/mol. The van der Waals surface area contributed by atoms with Gasteiger partial charge in [0.1, 0.15) is 12.1 Å². The number of nitrogens with zero attached hydrogens (tertiary/aromatic N) is 1. The smallest absolute Gasteiger partial charge is 0.246 e. The molecule has 1 aromatic rings. The van der Waals surface area contributed by atoms with Crippen molar-refractivity contribution >= 4 is 23.2 Å². The average Bonchev–Trinajstić information content (AvgIpc) is 2.85. The molecule has 0 saturated carbocycles. The molecule has 2 unspecified atom stereocenters. The van der Waals surface area contributed by atoms with Gasteiger partial charge in [0.15, 0.2) is 0 Å². The van der Waals surface area contributed by atoms with E-state index in [-0.39, 0.29) is 17.7 Å². The fourth-order valence-corrected chi connectivity index (χ4v) is 3.46. The van der Waals surface area contributed by atoms with Crippen molar-refractivity contribution in [3.05, 3.63) is 21.9 Å². The molecule has 2 rings (SSSR count). The van der Waals surface area contributed by atoms with Gasteiger partial charge >= 0.3 is 0 Å². The number of nitrogens with one attached hydrogen (secondary N) is 1. The predicted molar refractivity (Wildman–Crippen MR) is 80.5 cm³/mol. The van der Waals surface area contributed by atoms with E-state index in [9.17, 15) is 9.59 Å². The number of piperazine rings is 1. The molecule has 110 valence electrons. The summed E-state index contributed by atoms with van der Waals surface area (Å²) in [6.45, 7) is 8.36. The molecule has 0 bridgehead atoms. The number of amides is 2. The average molecular weight is 294 g/mol. The van der Waals surface area contributed by atoms with E-state index in [0.29, 0.717) is 6.54 Å². The highest BCUT2D eigenvalue weighted by Gasteiger charge is 2.39. The van der Waals surface area contributed by atoms with Crippen LogP contribution < -0.4 is 5.32 Å². The maximum atomic E-state index is 12.6. The Labute approximate surface area is 124 Å². The van der Waals surface area contributed by atoms with Crippen LogP contribution in [0.15, 0.2) is 11.4 Å². The van der Waals surface area contributed by atoms with Crippen molar-refractivity contribution < 1.29 is 9.59 Å². The third-order valence-electron chi connectivity index (χ3n) is 3.89. The molecule has 20 heavy (non-hydrogen) atoms. The number of carbonyl (C=O) groups excluding carboxylic acids is 2. The Morgan fingerprint density at radius 2 is 2.10 bits per heavy atom. The maximum Gasteiger partial charge on any atom is 0.246 e. The van der Waals surface area contributed by atoms with Gasteiger partial charge < -0.3 is 10.2 Å². The molecule has 5 heteroatoms. The quantitative estimate of drug-likeness (QED) is 0.925. The molecule has 0 aromatic carbocycles. The van der Waals surface area contributed by atoms with Gasteiger partial charge in [-0.2, -0.15) is 0 Å². The van der Waals surface area contributed by atoms with Crippen molar-refractivity contribution in [3.8, 4) is 0 Å². The van der Waals surface area contributed by atoms with Gasteiger partial charge in [-0.1, -0.05) is 20.8 Å². The summed E-state index contributed by atoms with van der Waals surface area (Å²) >= 11 is 1.66. The second-order valence-electron chi connectivity index (χ2n) is 5.59. The highest BCUT2D eigenvalue weighted by molar-refractivity contribution is 7.10. The Morgan fingerprint density at radius 3 is 2.70 bits per heavy atom. The Bertz CT molecular complexity index is 510. The number of rotatable bonds is 4. The number of carbonyl (C=O) groups is 2. The van der Waals surface area contributed by atoms with Crippen molar-refractivity contribution in [2.24, 2.45) is 5.92 Å². The summed E-state index contributed by atoms with van der Waals surface area (Å²) in [6, 6.07) is 1.30. The lowest BCUT2D eigenvalue weighted by Crippen LogP contribution is -2.63. The topological polar surface area (TPSA) is 49.4 Å². The summed E-state index contributed by atoms with van der Waals surface area (Å²) in [4.78, 5) is 27.5. The lowest BCUT2D eigenvalue weighted by Gasteiger charge is -2.38. The minimum Gasteiger partial charge on any atom is -0.342 e. The highest BCUT2D eigenvalue weighted by Crippen LogP contribution is 2.23. The Kier molecular flexibility index (Phi) is 4.48. The normalized spacial score (nSPS) is 23.4. The van der Waals surface area contributed by atoms with Crippen LogP contribution in [0, 0.1) is 5.92 Å². The molecule has 2 amide bonds. The second-order valence-corrected chi connectivity index (χ2v) is 6.60. The minimum absolute atomic E-state index is 0.0301. The van der Waals surface area contributed by atoms with E-state index >= 15 is 0 Å². The van der Waals surface area contributed by atoms with E-state index in [1.54, 1.807) is 23.2 Å². The van der Waals surface area contributed by atoms with Gasteiger partial charge in [-0.15, -0.1) is 11.3 Å². The van der Waals surface area contributed by atoms with E-state index in [1.807, 2.05) is 19.2 Å². The van der Waals surface area contributed by atoms with E-state index < -0.39 is 12.1 Å². The SMILES string of the molecule is CCc1ccsc1CN1C(=O)C(C(C)C)NC(=O)C1C. The molecule has 1 N–H and O–H groups in total. The van der Waals surface area contributed by atoms with Crippen molar-refractivity contribution in [2.75, 3.05) is 0 Å². The van der Waals surface area contributed by atoms with Crippen LogP contribution in [0.5, 0.6) is 0 Å². The van der Waals surface area contributed by atoms with Gasteiger partial charge in [-0.05, 0) is 36.3 Å². The molecule has 0 spiro atoms. The minimum atomic E-state index is -0.399. The van der Waals surface area contributed by atoms with Crippen LogP contribution >= 0.6 is 11.3 Å².